The normalized spacial score (nSPS) is 20.5. The third-order valence-corrected chi connectivity index (χ3v) is 4.09. The molecule has 1 aromatic rings. The first-order chi connectivity index (χ1) is 11.1. The standard InChI is InChI=1S/C17H27FN4O/c1-3-22-10-4-5-15(22)12-21-17(19)20-11-13(2)23-16-8-6-14(18)7-9-16/h6-9,13,15H,3-5,10-12H2,1-2H3,(H3,19,20,21). The van der Waals surface area contributed by atoms with Crippen LogP contribution in [0.1, 0.15) is 26.7 Å². The molecule has 2 unspecified atom stereocenters. The zero-order valence-electron chi connectivity index (χ0n) is 14.0. The van der Waals surface area contributed by atoms with Gasteiger partial charge in [0, 0.05) is 12.6 Å². The largest absolute Gasteiger partial charge is 0.489 e. The van der Waals surface area contributed by atoms with Gasteiger partial charge in [0.05, 0.1) is 6.54 Å². The third kappa shape index (κ3) is 5.71. The SMILES string of the molecule is CCN1CCCC1CNC(N)=NCC(C)Oc1ccc(F)cc1. The van der Waals surface area contributed by atoms with E-state index in [-0.39, 0.29) is 11.9 Å². The van der Waals surface area contributed by atoms with Crippen LogP contribution in [0.4, 0.5) is 4.39 Å². The van der Waals surface area contributed by atoms with Crippen molar-refractivity contribution < 1.29 is 9.13 Å². The number of aliphatic imine (C=N–C) groups is 1. The molecule has 0 amide bonds. The quantitative estimate of drug-likeness (QED) is 0.595. The Morgan fingerprint density at radius 3 is 2.91 bits per heavy atom. The summed E-state index contributed by atoms with van der Waals surface area (Å²) >= 11 is 0. The maximum absolute atomic E-state index is 12.8. The van der Waals surface area contributed by atoms with E-state index >= 15 is 0 Å². The van der Waals surface area contributed by atoms with E-state index in [1.54, 1.807) is 12.1 Å². The first-order valence-corrected chi connectivity index (χ1v) is 8.28. The van der Waals surface area contributed by atoms with Crippen LogP contribution in [0.15, 0.2) is 29.3 Å². The Kier molecular flexibility index (Phi) is 6.65. The highest BCUT2D eigenvalue weighted by molar-refractivity contribution is 5.77. The molecule has 2 atom stereocenters. The van der Waals surface area contributed by atoms with Gasteiger partial charge in [0.15, 0.2) is 5.96 Å². The molecule has 0 spiro atoms. The molecule has 1 aromatic carbocycles. The number of nitrogens with zero attached hydrogens (tertiary/aromatic N) is 2. The molecule has 0 aromatic heterocycles. The van der Waals surface area contributed by atoms with Crippen LogP contribution >= 0.6 is 0 Å². The van der Waals surface area contributed by atoms with E-state index in [1.807, 2.05) is 6.92 Å². The van der Waals surface area contributed by atoms with Crippen LogP contribution in [-0.2, 0) is 0 Å². The maximum Gasteiger partial charge on any atom is 0.188 e. The molecular weight excluding hydrogens is 295 g/mol. The first-order valence-electron chi connectivity index (χ1n) is 8.28. The molecule has 0 bridgehead atoms. The van der Waals surface area contributed by atoms with Crippen LogP contribution in [0.25, 0.3) is 0 Å². The predicted octanol–water partition coefficient (Wildman–Crippen LogP) is 1.98. The molecular formula is C17H27FN4O. The van der Waals surface area contributed by atoms with Gasteiger partial charge in [-0.25, -0.2) is 9.38 Å². The number of nitrogens with one attached hydrogen (secondary N) is 1. The average Bonchev–Trinajstić information content (AvgIpc) is 3.00. The molecule has 128 valence electrons. The number of hydrogen-bond donors (Lipinski definition) is 2. The molecule has 0 saturated carbocycles. The predicted molar refractivity (Wildman–Crippen MR) is 91.3 cm³/mol. The molecule has 1 aliphatic rings. The van der Waals surface area contributed by atoms with Gasteiger partial charge < -0.3 is 15.8 Å². The highest BCUT2D eigenvalue weighted by Crippen LogP contribution is 2.15. The van der Waals surface area contributed by atoms with E-state index in [2.05, 4.69) is 22.1 Å². The van der Waals surface area contributed by atoms with Gasteiger partial charge >= 0.3 is 0 Å². The van der Waals surface area contributed by atoms with Gasteiger partial charge in [-0.05, 0) is 57.1 Å². The van der Waals surface area contributed by atoms with Gasteiger partial charge in [-0.1, -0.05) is 6.92 Å². The van der Waals surface area contributed by atoms with Crippen molar-refractivity contribution in [3.8, 4) is 5.75 Å². The van der Waals surface area contributed by atoms with Crippen LogP contribution in [0, 0.1) is 5.82 Å². The zero-order valence-corrected chi connectivity index (χ0v) is 14.0. The van der Waals surface area contributed by atoms with Crippen LogP contribution < -0.4 is 15.8 Å². The van der Waals surface area contributed by atoms with Gasteiger partial charge in [-0.15, -0.1) is 0 Å². The van der Waals surface area contributed by atoms with E-state index in [1.165, 1.54) is 31.5 Å². The van der Waals surface area contributed by atoms with E-state index in [9.17, 15) is 4.39 Å². The molecule has 23 heavy (non-hydrogen) atoms. The van der Waals surface area contributed by atoms with Gasteiger partial charge in [-0.2, -0.15) is 0 Å². The number of likely N-dealkylation sites (tertiary alicyclic amines) is 1. The summed E-state index contributed by atoms with van der Waals surface area (Å²) in [6, 6.07) is 6.51. The second-order valence-corrected chi connectivity index (χ2v) is 5.91. The lowest BCUT2D eigenvalue weighted by Crippen LogP contribution is -2.43. The van der Waals surface area contributed by atoms with Crippen LogP contribution in [0.3, 0.4) is 0 Å². The fourth-order valence-corrected chi connectivity index (χ4v) is 2.83. The lowest BCUT2D eigenvalue weighted by molar-refractivity contribution is 0.230. The zero-order chi connectivity index (χ0) is 16.7. The minimum atomic E-state index is -0.274. The summed E-state index contributed by atoms with van der Waals surface area (Å²) in [6.45, 7) is 7.63. The smallest absolute Gasteiger partial charge is 0.188 e. The third-order valence-electron chi connectivity index (χ3n) is 4.09. The number of guanidine groups is 1. The Bertz CT molecular complexity index is 506. The summed E-state index contributed by atoms with van der Waals surface area (Å²) in [6.07, 6.45) is 2.33. The number of ether oxygens (including phenoxy) is 1. The second kappa shape index (κ2) is 8.72. The number of hydrogen-bond acceptors (Lipinski definition) is 3. The van der Waals surface area contributed by atoms with Crippen molar-refractivity contribution in [3.05, 3.63) is 30.1 Å². The maximum atomic E-state index is 12.8. The Morgan fingerprint density at radius 2 is 2.22 bits per heavy atom. The van der Waals surface area contributed by atoms with Gasteiger partial charge in [-0.3, -0.25) is 4.90 Å². The van der Waals surface area contributed by atoms with Crippen molar-refractivity contribution in [3.63, 3.8) is 0 Å². The van der Waals surface area contributed by atoms with Crippen molar-refractivity contribution in [1.82, 2.24) is 10.2 Å². The Hall–Kier alpha value is -1.82. The molecule has 2 rings (SSSR count). The topological polar surface area (TPSA) is 62.9 Å². The van der Waals surface area contributed by atoms with Crippen molar-refractivity contribution in [2.45, 2.75) is 38.8 Å². The second-order valence-electron chi connectivity index (χ2n) is 5.91. The monoisotopic (exact) mass is 322 g/mol. The Labute approximate surface area is 137 Å². The van der Waals surface area contributed by atoms with Crippen molar-refractivity contribution in [1.29, 1.82) is 0 Å². The lowest BCUT2D eigenvalue weighted by atomic mass is 10.2. The minimum absolute atomic E-state index is 0.126. The number of likely N-dealkylation sites (N-methyl/N-ethyl adjacent to an activating group) is 1. The van der Waals surface area contributed by atoms with E-state index < -0.39 is 0 Å². The molecule has 3 N–H and O–H groups in total. The number of benzene rings is 1. The van der Waals surface area contributed by atoms with Gasteiger partial charge in [0.25, 0.3) is 0 Å². The molecule has 0 aliphatic carbocycles. The van der Waals surface area contributed by atoms with Crippen LogP contribution in [-0.4, -0.2) is 49.2 Å². The molecule has 6 heteroatoms. The molecule has 1 aliphatic heterocycles. The minimum Gasteiger partial charge on any atom is -0.489 e. The Morgan fingerprint density at radius 1 is 1.48 bits per heavy atom. The highest BCUT2D eigenvalue weighted by Gasteiger charge is 2.22. The molecule has 0 radical (unpaired) electrons. The number of nitrogens with two attached hydrogens (primary N) is 1. The summed E-state index contributed by atoms with van der Waals surface area (Å²) in [5.74, 6) is 0.803. The van der Waals surface area contributed by atoms with Crippen LogP contribution in [0.2, 0.25) is 0 Å². The van der Waals surface area contributed by atoms with E-state index in [0.717, 1.165) is 13.1 Å². The summed E-state index contributed by atoms with van der Waals surface area (Å²) in [7, 11) is 0. The van der Waals surface area contributed by atoms with E-state index in [0.29, 0.717) is 24.3 Å². The fraction of sp³-hybridized carbons (Fsp3) is 0.588. The summed E-state index contributed by atoms with van der Waals surface area (Å²) < 4.78 is 18.5. The van der Waals surface area contributed by atoms with Crippen LogP contribution in [0.5, 0.6) is 5.75 Å². The fourth-order valence-electron chi connectivity index (χ4n) is 2.83. The van der Waals surface area contributed by atoms with Gasteiger partial charge in [0.1, 0.15) is 17.7 Å². The molecule has 1 heterocycles. The lowest BCUT2D eigenvalue weighted by Gasteiger charge is -2.23. The molecule has 1 saturated heterocycles. The first kappa shape index (κ1) is 17.5. The number of rotatable bonds is 7. The van der Waals surface area contributed by atoms with Crippen molar-refractivity contribution in [2.75, 3.05) is 26.2 Å². The van der Waals surface area contributed by atoms with E-state index in [4.69, 9.17) is 10.5 Å². The van der Waals surface area contributed by atoms with Crippen molar-refractivity contribution in [2.24, 2.45) is 10.7 Å². The summed E-state index contributed by atoms with van der Waals surface area (Å²) in [4.78, 5) is 6.77. The van der Waals surface area contributed by atoms with Crippen molar-refractivity contribution >= 4 is 5.96 Å². The highest BCUT2D eigenvalue weighted by atomic mass is 19.1. The van der Waals surface area contributed by atoms with Gasteiger partial charge in [0.2, 0.25) is 0 Å². The summed E-state index contributed by atoms with van der Waals surface area (Å²) in [5, 5.41) is 3.20. The molecule has 1 fully saturated rings. The Balaban J connectivity index is 1.72. The number of halogens is 1. The summed E-state index contributed by atoms with van der Waals surface area (Å²) in [5.41, 5.74) is 5.92. The molecule has 5 nitrogen and oxygen atoms in total. The average molecular weight is 322 g/mol.